The Kier molecular flexibility index (Phi) is 8.52. The molecule has 0 saturated heterocycles. The van der Waals surface area contributed by atoms with E-state index < -0.39 is 12.0 Å². The number of hydrogen-bond acceptors (Lipinski definition) is 7. The van der Waals surface area contributed by atoms with Gasteiger partial charge >= 0.3 is 5.97 Å². The van der Waals surface area contributed by atoms with E-state index in [-0.39, 0.29) is 12.2 Å². The molecule has 200 valence electrons. The molecule has 38 heavy (non-hydrogen) atoms. The Hall–Kier alpha value is -3.65. The summed E-state index contributed by atoms with van der Waals surface area (Å²) in [5.74, 6) is 1.17. The first-order valence-electron chi connectivity index (χ1n) is 12.9. The third kappa shape index (κ3) is 5.31. The summed E-state index contributed by atoms with van der Waals surface area (Å²) in [7, 11) is 3.17. The van der Waals surface area contributed by atoms with Gasteiger partial charge in [0, 0.05) is 11.6 Å². The Labute approximate surface area is 226 Å². The maximum atomic E-state index is 13.9. The molecule has 1 aliphatic heterocycles. The van der Waals surface area contributed by atoms with Crippen LogP contribution in [-0.2, 0) is 9.53 Å². The summed E-state index contributed by atoms with van der Waals surface area (Å²) in [5.41, 5.74) is 3.64. The zero-order chi connectivity index (χ0) is 27.4. The molecular weight excluding hydrogens is 500 g/mol. The van der Waals surface area contributed by atoms with Crippen LogP contribution >= 0.6 is 11.3 Å². The third-order valence-corrected chi connectivity index (χ3v) is 7.52. The van der Waals surface area contributed by atoms with Gasteiger partial charge in [0.2, 0.25) is 0 Å². The number of aromatic nitrogens is 1. The van der Waals surface area contributed by atoms with E-state index in [1.165, 1.54) is 16.9 Å². The van der Waals surface area contributed by atoms with Crippen LogP contribution in [0.15, 0.2) is 63.5 Å². The molecule has 7 nitrogen and oxygen atoms in total. The van der Waals surface area contributed by atoms with Crippen LogP contribution in [0.3, 0.4) is 0 Å². The first kappa shape index (κ1) is 27.4. The summed E-state index contributed by atoms with van der Waals surface area (Å²) in [5, 5.41) is 0. The minimum atomic E-state index is -0.632. The summed E-state index contributed by atoms with van der Waals surface area (Å²) >= 11 is 1.30. The van der Waals surface area contributed by atoms with Crippen LogP contribution in [0.2, 0.25) is 0 Å². The molecule has 0 fully saturated rings. The van der Waals surface area contributed by atoms with E-state index in [0.717, 1.165) is 17.5 Å². The Morgan fingerprint density at radius 3 is 2.45 bits per heavy atom. The largest absolute Gasteiger partial charge is 0.497 e. The Morgan fingerprint density at radius 1 is 1.11 bits per heavy atom. The molecule has 0 bridgehead atoms. The number of fused-ring (bicyclic) bond motifs is 1. The van der Waals surface area contributed by atoms with Crippen molar-refractivity contribution in [1.82, 2.24) is 4.57 Å². The Bertz CT molecular complexity index is 1530. The first-order valence-corrected chi connectivity index (χ1v) is 13.7. The number of hydrogen-bond donors (Lipinski definition) is 0. The van der Waals surface area contributed by atoms with Gasteiger partial charge in [-0.05, 0) is 48.6 Å². The fourth-order valence-corrected chi connectivity index (χ4v) is 5.59. The summed E-state index contributed by atoms with van der Waals surface area (Å²) in [6, 6.07) is 12.9. The molecule has 0 N–H and O–H groups in total. The Morgan fingerprint density at radius 2 is 1.84 bits per heavy atom. The molecule has 2 heterocycles. The molecule has 4 rings (SSSR count). The summed E-state index contributed by atoms with van der Waals surface area (Å²) in [4.78, 5) is 32.6. The van der Waals surface area contributed by atoms with Crippen LogP contribution in [0, 0.1) is 0 Å². The van der Waals surface area contributed by atoms with E-state index in [0.29, 0.717) is 44.4 Å². The summed E-state index contributed by atoms with van der Waals surface area (Å²) in [6.07, 6.45) is 3.21. The number of nitrogens with zero attached hydrogens (tertiary/aromatic N) is 2. The number of ether oxygens (including phenoxy) is 3. The molecule has 0 unspecified atom stereocenters. The summed E-state index contributed by atoms with van der Waals surface area (Å²) < 4.78 is 18.4. The number of carbonyl (C=O) groups excluding carboxylic acids is 1. The second-order valence-electron chi connectivity index (χ2n) is 9.34. The average molecular weight is 535 g/mol. The zero-order valence-electron chi connectivity index (χ0n) is 22.7. The van der Waals surface area contributed by atoms with Crippen LogP contribution in [0.5, 0.6) is 11.5 Å². The predicted octanol–water partition coefficient (Wildman–Crippen LogP) is 4.72. The molecule has 1 aliphatic rings. The van der Waals surface area contributed by atoms with E-state index in [1.54, 1.807) is 37.9 Å². The third-order valence-electron chi connectivity index (χ3n) is 6.54. The van der Waals surface area contributed by atoms with E-state index in [1.807, 2.05) is 31.2 Å². The van der Waals surface area contributed by atoms with E-state index in [9.17, 15) is 9.59 Å². The molecule has 1 atom stereocenters. The van der Waals surface area contributed by atoms with Gasteiger partial charge in [-0.15, -0.1) is 0 Å². The molecule has 8 heteroatoms. The second kappa shape index (κ2) is 11.8. The maximum Gasteiger partial charge on any atom is 0.338 e. The highest BCUT2D eigenvalue weighted by molar-refractivity contribution is 7.07. The van der Waals surface area contributed by atoms with Gasteiger partial charge in [0.1, 0.15) is 11.5 Å². The lowest BCUT2D eigenvalue weighted by atomic mass is 9.92. The van der Waals surface area contributed by atoms with Crippen LogP contribution < -0.4 is 24.4 Å². The molecule has 0 saturated carbocycles. The smallest absolute Gasteiger partial charge is 0.338 e. The normalized spacial score (nSPS) is 15.3. The number of allylic oxidation sites excluding steroid dienone is 1. The summed E-state index contributed by atoms with van der Waals surface area (Å²) in [6.45, 7) is 8.33. The molecule has 0 radical (unpaired) electrons. The lowest BCUT2D eigenvalue weighted by Gasteiger charge is -2.26. The molecular formula is C30H34N2O5S. The van der Waals surface area contributed by atoms with Crippen molar-refractivity contribution in [1.29, 1.82) is 0 Å². The van der Waals surface area contributed by atoms with Crippen molar-refractivity contribution in [2.45, 2.75) is 52.5 Å². The van der Waals surface area contributed by atoms with Crippen molar-refractivity contribution in [3.05, 3.63) is 90.1 Å². The maximum absolute atomic E-state index is 13.9. The molecule has 0 aliphatic carbocycles. The van der Waals surface area contributed by atoms with Crippen LogP contribution in [0.25, 0.3) is 6.08 Å². The number of methoxy groups -OCH3 is 2. The van der Waals surface area contributed by atoms with Crippen molar-refractivity contribution in [3.63, 3.8) is 0 Å². The average Bonchev–Trinajstić information content (AvgIpc) is 3.22. The Balaban J connectivity index is 1.97. The minimum absolute atomic E-state index is 0.220. The number of rotatable bonds is 9. The number of esters is 1. The van der Waals surface area contributed by atoms with Gasteiger partial charge in [0.25, 0.3) is 5.56 Å². The highest BCUT2D eigenvalue weighted by Gasteiger charge is 2.34. The van der Waals surface area contributed by atoms with E-state index in [2.05, 4.69) is 26.0 Å². The predicted molar refractivity (Wildman–Crippen MR) is 150 cm³/mol. The van der Waals surface area contributed by atoms with Gasteiger partial charge in [0.15, 0.2) is 4.80 Å². The first-order chi connectivity index (χ1) is 18.3. The van der Waals surface area contributed by atoms with Crippen molar-refractivity contribution >= 4 is 23.4 Å². The van der Waals surface area contributed by atoms with Gasteiger partial charge in [-0.1, -0.05) is 62.8 Å². The van der Waals surface area contributed by atoms with Crippen molar-refractivity contribution < 1.29 is 19.0 Å². The topological polar surface area (TPSA) is 79.1 Å². The van der Waals surface area contributed by atoms with Crippen molar-refractivity contribution in [2.75, 3.05) is 20.8 Å². The SMILES string of the molecule is CCCC1=C(C(=O)OCC)[C@H](c2ccc(C(C)C)cc2)n2c(s/c(=C\c3ccc(OC)cc3OC)c2=O)=N1. The van der Waals surface area contributed by atoms with Gasteiger partial charge in [-0.25, -0.2) is 9.79 Å². The van der Waals surface area contributed by atoms with E-state index in [4.69, 9.17) is 19.2 Å². The molecule has 0 amide bonds. The number of thiazole rings is 1. The lowest BCUT2D eigenvalue weighted by Crippen LogP contribution is -2.40. The van der Waals surface area contributed by atoms with Crippen LogP contribution in [0.4, 0.5) is 0 Å². The van der Waals surface area contributed by atoms with E-state index >= 15 is 0 Å². The van der Waals surface area contributed by atoms with Gasteiger partial charge in [0.05, 0.1) is 42.7 Å². The van der Waals surface area contributed by atoms with Crippen molar-refractivity contribution in [2.24, 2.45) is 4.99 Å². The lowest BCUT2D eigenvalue weighted by molar-refractivity contribution is -0.139. The van der Waals surface area contributed by atoms with Gasteiger partial charge in [-0.3, -0.25) is 9.36 Å². The highest BCUT2D eigenvalue weighted by Crippen LogP contribution is 2.33. The van der Waals surface area contributed by atoms with Gasteiger partial charge in [-0.2, -0.15) is 0 Å². The molecule has 0 spiro atoms. The second-order valence-corrected chi connectivity index (χ2v) is 10.4. The number of carbonyl (C=O) groups is 1. The highest BCUT2D eigenvalue weighted by atomic mass is 32.1. The molecule has 1 aromatic heterocycles. The monoisotopic (exact) mass is 534 g/mol. The number of benzene rings is 2. The van der Waals surface area contributed by atoms with Crippen molar-refractivity contribution in [3.8, 4) is 11.5 Å². The fraction of sp³-hybridized carbons (Fsp3) is 0.367. The fourth-order valence-electron chi connectivity index (χ4n) is 4.58. The van der Waals surface area contributed by atoms with Gasteiger partial charge < -0.3 is 14.2 Å². The van der Waals surface area contributed by atoms with Crippen LogP contribution in [-0.4, -0.2) is 31.4 Å². The quantitative estimate of drug-likeness (QED) is 0.371. The standard InChI is InChI=1S/C30H34N2O5S/c1-7-9-23-26(29(34)37-8-2)27(20-12-10-19(11-13-20)18(3)4)32-28(33)25(38-30(32)31-23)16-21-14-15-22(35-5)17-24(21)36-6/h10-18,27H,7-9H2,1-6H3/b25-16-/t27-/m0/s1. The minimum Gasteiger partial charge on any atom is -0.497 e. The molecule has 3 aromatic rings. The molecule has 2 aromatic carbocycles. The van der Waals surface area contributed by atoms with Crippen LogP contribution in [0.1, 0.15) is 69.2 Å². The zero-order valence-corrected chi connectivity index (χ0v) is 23.6.